The maximum atomic E-state index is 12.1. The van der Waals surface area contributed by atoms with Crippen molar-refractivity contribution in [3.05, 3.63) is 71.4 Å². The zero-order valence-corrected chi connectivity index (χ0v) is 21.7. The number of aryl methyl sites for hydroxylation is 1. The van der Waals surface area contributed by atoms with Gasteiger partial charge < -0.3 is 15.0 Å². The molecule has 2 heterocycles. The minimum absolute atomic E-state index is 0.166. The van der Waals surface area contributed by atoms with Gasteiger partial charge in [0.05, 0.1) is 6.61 Å². The largest absolute Gasteiger partial charge is 0.494 e. The number of amides is 1. The number of ether oxygens (including phenoxy) is 1. The Bertz CT molecular complexity index is 1140. The lowest BCUT2D eigenvalue weighted by atomic mass is 9.97. The second kappa shape index (κ2) is 12.5. The summed E-state index contributed by atoms with van der Waals surface area (Å²) in [5, 5.41) is 11.3. The number of carbonyl (C=O) groups is 1. The highest BCUT2D eigenvalue weighted by Crippen LogP contribution is 2.27. The summed E-state index contributed by atoms with van der Waals surface area (Å²) in [5.74, 6) is 1.57. The highest BCUT2D eigenvalue weighted by atomic mass is 16.5. The molecule has 2 aromatic carbocycles. The van der Waals surface area contributed by atoms with E-state index in [1.807, 2.05) is 26.0 Å². The molecule has 4 rings (SSSR count). The monoisotopic (exact) mass is 487 g/mol. The van der Waals surface area contributed by atoms with Gasteiger partial charge in [-0.2, -0.15) is 0 Å². The summed E-state index contributed by atoms with van der Waals surface area (Å²) in [4.78, 5) is 16.8. The Morgan fingerprint density at radius 2 is 1.72 bits per heavy atom. The predicted molar refractivity (Wildman–Crippen MR) is 145 cm³/mol. The second-order valence-corrected chi connectivity index (χ2v) is 9.09. The van der Waals surface area contributed by atoms with Gasteiger partial charge >= 0.3 is 0 Å². The smallest absolute Gasteiger partial charge is 0.271 e. The quantitative estimate of drug-likeness (QED) is 0.452. The van der Waals surface area contributed by atoms with Crippen LogP contribution in [0.4, 0.5) is 5.82 Å². The summed E-state index contributed by atoms with van der Waals surface area (Å²) in [6.07, 6.45) is 1.90. The van der Waals surface area contributed by atoms with Crippen molar-refractivity contribution in [1.82, 2.24) is 20.4 Å². The van der Waals surface area contributed by atoms with E-state index in [4.69, 9.17) is 4.74 Å². The van der Waals surface area contributed by atoms with Crippen molar-refractivity contribution in [2.24, 2.45) is 0 Å². The Balaban J connectivity index is 1.35. The third-order valence-corrected chi connectivity index (χ3v) is 6.57. The van der Waals surface area contributed by atoms with Crippen molar-refractivity contribution in [1.29, 1.82) is 0 Å². The minimum Gasteiger partial charge on any atom is -0.494 e. The Morgan fingerprint density at radius 3 is 2.42 bits per heavy atom. The van der Waals surface area contributed by atoms with Crippen LogP contribution in [-0.2, 0) is 13.0 Å². The highest BCUT2D eigenvalue weighted by molar-refractivity contribution is 5.92. The third kappa shape index (κ3) is 6.40. The summed E-state index contributed by atoms with van der Waals surface area (Å²) in [6.45, 7) is 12.2. The van der Waals surface area contributed by atoms with Gasteiger partial charge in [0, 0.05) is 39.3 Å². The van der Waals surface area contributed by atoms with Gasteiger partial charge in [0.2, 0.25) is 0 Å². The van der Waals surface area contributed by atoms with Crippen LogP contribution in [0.15, 0.2) is 54.6 Å². The van der Waals surface area contributed by atoms with E-state index >= 15 is 0 Å². The van der Waals surface area contributed by atoms with Crippen LogP contribution in [0.1, 0.15) is 48.8 Å². The van der Waals surface area contributed by atoms with E-state index in [1.54, 1.807) is 6.07 Å². The van der Waals surface area contributed by atoms with E-state index in [1.165, 1.54) is 22.3 Å². The molecule has 190 valence electrons. The van der Waals surface area contributed by atoms with Gasteiger partial charge in [-0.3, -0.25) is 9.69 Å². The van der Waals surface area contributed by atoms with E-state index in [2.05, 4.69) is 68.6 Å². The molecule has 0 bridgehead atoms. The van der Waals surface area contributed by atoms with Crippen molar-refractivity contribution in [2.45, 2.75) is 40.2 Å². The SMILES string of the molecule is CCCNC(=O)c1ccc(N2CCN(Cc3ccc(-c4cccc(OCC)c4)cc3CC)CC2)nn1. The Hall–Kier alpha value is -3.45. The van der Waals surface area contributed by atoms with E-state index in [0.717, 1.165) is 57.1 Å². The number of carbonyl (C=O) groups excluding carboxylic acids is 1. The molecule has 1 saturated heterocycles. The van der Waals surface area contributed by atoms with Gasteiger partial charge in [0.25, 0.3) is 5.91 Å². The third-order valence-electron chi connectivity index (χ3n) is 6.57. The number of piperazine rings is 1. The Morgan fingerprint density at radius 1 is 0.917 bits per heavy atom. The van der Waals surface area contributed by atoms with Crippen LogP contribution in [0, 0.1) is 0 Å². The van der Waals surface area contributed by atoms with Gasteiger partial charge in [-0.15, -0.1) is 10.2 Å². The molecule has 36 heavy (non-hydrogen) atoms. The van der Waals surface area contributed by atoms with Crippen molar-refractivity contribution in [3.63, 3.8) is 0 Å². The summed E-state index contributed by atoms with van der Waals surface area (Å²) in [7, 11) is 0. The lowest BCUT2D eigenvalue weighted by Crippen LogP contribution is -2.46. The topological polar surface area (TPSA) is 70.6 Å². The molecule has 1 amide bonds. The molecule has 0 unspecified atom stereocenters. The maximum absolute atomic E-state index is 12.1. The van der Waals surface area contributed by atoms with Crippen LogP contribution in [0.2, 0.25) is 0 Å². The van der Waals surface area contributed by atoms with Crippen LogP contribution in [-0.4, -0.2) is 60.3 Å². The van der Waals surface area contributed by atoms with Gasteiger partial charge in [0.1, 0.15) is 5.75 Å². The average molecular weight is 488 g/mol. The van der Waals surface area contributed by atoms with Gasteiger partial charge in [-0.05, 0) is 66.3 Å². The number of benzene rings is 2. The fourth-order valence-corrected chi connectivity index (χ4v) is 4.54. The Kier molecular flexibility index (Phi) is 8.90. The standard InChI is InChI=1S/C29H37N5O2/c1-4-14-30-29(35)27-12-13-28(32-31-27)34-17-15-33(16-18-34)21-25-11-10-24(19-22(25)5-2)23-8-7-9-26(20-23)36-6-3/h7-13,19-20H,4-6,14-18,21H2,1-3H3,(H,30,35). The molecule has 0 atom stereocenters. The van der Waals surface area contributed by atoms with Crippen molar-refractivity contribution in [3.8, 4) is 16.9 Å². The van der Waals surface area contributed by atoms with Gasteiger partial charge in [-0.1, -0.05) is 44.2 Å². The Labute approximate surface area is 214 Å². The fraction of sp³-hybridized carbons (Fsp3) is 0.414. The van der Waals surface area contributed by atoms with Crippen LogP contribution < -0.4 is 15.0 Å². The summed E-state index contributed by atoms with van der Waals surface area (Å²) in [5.41, 5.74) is 5.56. The van der Waals surface area contributed by atoms with E-state index in [9.17, 15) is 4.79 Å². The second-order valence-electron chi connectivity index (χ2n) is 9.09. The number of nitrogens with one attached hydrogen (secondary N) is 1. The lowest BCUT2D eigenvalue weighted by molar-refractivity contribution is 0.0947. The van der Waals surface area contributed by atoms with Crippen LogP contribution in [0.25, 0.3) is 11.1 Å². The number of aromatic nitrogens is 2. The minimum atomic E-state index is -0.166. The number of hydrogen-bond acceptors (Lipinski definition) is 6. The van der Waals surface area contributed by atoms with Crippen LogP contribution in [0.3, 0.4) is 0 Å². The fourth-order valence-electron chi connectivity index (χ4n) is 4.54. The predicted octanol–water partition coefficient (Wildman–Crippen LogP) is 4.57. The lowest BCUT2D eigenvalue weighted by Gasteiger charge is -2.35. The molecule has 0 spiro atoms. The number of rotatable bonds is 10. The molecule has 0 radical (unpaired) electrons. The normalized spacial score (nSPS) is 14.0. The highest BCUT2D eigenvalue weighted by Gasteiger charge is 2.20. The van der Waals surface area contributed by atoms with Crippen molar-refractivity contribution in [2.75, 3.05) is 44.2 Å². The zero-order chi connectivity index (χ0) is 25.3. The average Bonchev–Trinajstić information content (AvgIpc) is 2.93. The summed E-state index contributed by atoms with van der Waals surface area (Å²) >= 11 is 0. The van der Waals surface area contributed by atoms with E-state index in [-0.39, 0.29) is 5.91 Å². The molecule has 1 fully saturated rings. The van der Waals surface area contributed by atoms with E-state index < -0.39 is 0 Å². The first kappa shape index (κ1) is 25.6. The number of hydrogen-bond donors (Lipinski definition) is 1. The molecule has 1 aliphatic rings. The van der Waals surface area contributed by atoms with Crippen molar-refractivity contribution < 1.29 is 9.53 Å². The maximum Gasteiger partial charge on any atom is 0.271 e. The molecule has 1 aliphatic heterocycles. The molecular weight excluding hydrogens is 450 g/mol. The van der Waals surface area contributed by atoms with Gasteiger partial charge in [0.15, 0.2) is 11.5 Å². The summed E-state index contributed by atoms with van der Waals surface area (Å²) < 4.78 is 5.68. The zero-order valence-electron chi connectivity index (χ0n) is 21.7. The molecule has 1 N–H and O–H groups in total. The van der Waals surface area contributed by atoms with Crippen LogP contribution in [0.5, 0.6) is 5.75 Å². The molecule has 7 nitrogen and oxygen atoms in total. The van der Waals surface area contributed by atoms with E-state index in [0.29, 0.717) is 18.8 Å². The molecule has 0 aliphatic carbocycles. The first-order chi connectivity index (χ1) is 17.6. The first-order valence-corrected chi connectivity index (χ1v) is 13.1. The van der Waals surface area contributed by atoms with Crippen molar-refractivity contribution >= 4 is 11.7 Å². The first-order valence-electron chi connectivity index (χ1n) is 13.1. The summed E-state index contributed by atoms with van der Waals surface area (Å²) in [6, 6.07) is 18.8. The molecule has 0 saturated carbocycles. The number of anilines is 1. The molecule has 1 aromatic heterocycles. The molecule has 3 aromatic rings. The molecule has 7 heteroatoms. The van der Waals surface area contributed by atoms with Crippen LogP contribution >= 0.6 is 0 Å². The number of nitrogens with zero attached hydrogens (tertiary/aromatic N) is 4. The van der Waals surface area contributed by atoms with Gasteiger partial charge in [-0.25, -0.2) is 0 Å². The molecular formula is C29H37N5O2.